The Labute approximate surface area is 132 Å². The Morgan fingerprint density at radius 3 is 2.78 bits per heavy atom. The molecule has 3 rings (SSSR count). The van der Waals surface area contributed by atoms with E-state index in [2.05, 4.69) is 10.6 Å². The van der Waals surface area contributed by atoms with E-state index in [1.807, 2.05) is 6.07 Å². The van der Waals surface area contributed by atoms with Crippen molar-refractivity contribution in [3.05, 3.63) is 48.2 Å². The van der Waals surface area contributed by atoms with Gasteiger partial charge in [0.2, 0.25) is 5.91 Å². The zero-order chi connectivity index (χ0) is 16.2. The van der Waals surface area contributed by atoms with E-state index in [0.29, 0.717) is 24.2 Å². The predicted octanol–water partition coefficient (Wildman–Crippen LogP) is 1.45. The number of carbonyl (C=O) groups is 2. The number of nitrogens with one attached hydrogen (secondary N) is 2. The van der Waals surface area contributed by atoms with Gasteiger partial charge in [-0.1, -0.05) is 0 Å². The van der Waals surface area contributed by atoms with E-state index < -0.39 is 0 Å². The second-order valence-corrected chi connectivity index (χ2v) is 5.12. The summed E-state index contributed by atoms with van der Waals surface area (Å²) in [6, 6.07) is 7.08. The molecule has 7 heteroatoms. The largest absolute Gasteiger partial charge is 0.469 e. The molecule has 120 valence electrons. The third-order valence-electron chi connectivity index (χ3n) is 3.58. The van der Waals surface area contributed by atoms with Gasteiger partial charge in [0, 0.05) is 32.1 Å². The van der Waals surface area contributed by atoms with Crippen molar-refractivity contribution < 1.29 is 18.4 Å². The molecule has 0 unspecified atom stereocenters. The summed E-state index contributed by atoms with van der Waals surface area (Å²) in [4.78, 5) is 23.9. The number of hydrogen-bond acceptors (Lipinski definition) is 4. The fourth-order valence-corrected chi connectivity index (χ4v) is 2.36. The van der Waals surface area contributed by atoms with Crippen LogP contribution < -0.4 is 10.6 Å². The lowest BCUT2D eigenvalue weighted by molar-refractivity contribution is -0.120. The van der Waals surface area contributed by atoms with Crippen LogP contribution in [-0.4, -0.2) is 29.5 Å². The minimum Gasteiger partial charge on any atom is -0.469 e. The normalized spacial score (nSPS) is 10.8. The van der Waals surface area contributed by atoms with Crippen LogP contribution in [0.25, 0.3) is 11.1 Å². The standard InChI is InChI=1S/C16H17N3O4/c1-19-12-5-8-23-14(12)9-13(19)16(21)18-10-15(20)17-6-4-11-3-2-7-22-11/h2-3,5,7-9H,4,6,10H2,1H3,(H,17,20)(H,18,21). The van der Waals surface area contributed by atoms with Crippen molar-refractivity contribution in [1.82, 2.24) is 15.2 Å². The topological polar surface area (TPSA) is 89.4 Å². The Hall–Kier alpha value is -2.96. The maximum atomic E-state index is 12.1. The van der Waals surface area contributed by atoms with Crippen molar-refractivity contribution in [2.24, 2.45) is 7.05 Å². The minimum absolute atomic E-state index is 0.0798. The Morgan fingerprint density at radius 1 is 1.17 bits per heavy atom. The molecule has 0 atom stereocenters. The molecule has 3 aromatic rings. The minimum atomic E-state index is -0.319. The molecule has 0 saturated carbocycles. The number of nitrogens with zero attached hydrogens (tertiary/aromatic N) is 1. The molecule has 3 heterocycles. The fourth-order valence-electron chi connectivity index (χ4n) is 2.36. The lowest BCUT2D eigenvalue weighted by Gasteiger charge is -2.07. The van der Waals surface area contributed by atoms with Gasteiger partial charge < -0.3 is 24.0 Å². The van der Waals surface area contributed by atoms with Gasteiger partial charge in [-0.3, -0.25) is 9.59 Å². The second kappa shape index (κ2) is 6.43. The summed E-state index contributed by atoms with van der Waals surface area (Å²) in [7, 11) is 1.77. The van der Waals surface area contributed by atoms with E-state index in [4.69, 9.17) is 8.83 Å². The van der Waals surface area contributed by atoms with Gasteiger partial charge in [-0.2, -0.15) is 0 Å². The van der Waals surface area contributed by atoms with Crippen LogP contribution in [0.1, 0.15) is 16.2 Å². The number of carbonyl (C=O) groups excluding carboxylic acids is 2. The molecular formula is C16H17N3O4. The van der Waals surface area contributed by atoms with Gasteiger partial charge in [0.25, 0.3) is 5.91 Å². The summed E-state index contributed by atoms with van der Waals surface area (Å²) in [6.07, 6.45) is 3.77. The van der Waals surface area contributed by atoms with Crippen molar-refractivity contribution in [1.29, 1.82) is 0 Å². The first kappa shape index (κ1) is 15.0. The highest BCUT2D eigenvalue weighted by Crippen LogP contribution is 2.19. The van der Waals surface area contributed by atoms with Crippen LogP contribution in [0.3, 0.4) is 0 Å². The first-order chi connectivity index (χ1) is 11.1. The highest BCUT2D eigenvalue weighted by atomic mass is 16.3. The Balaban J connectivity index is 1.47. The van der Waals surface area contributed by atoms with Crippen molar-refractivity contribution >= 4 is 22.9 Å². The average molecular weight is 315 g/mol. The van der Waals surface area contributed by atoms with E-state index in [9.17, 15) is 9.59 Å². The predicted molar refractivity (Wildman–Crippen MR) is 82.9 cm³/mol. The zero-order valence-corrected chi connectivity index (χ0v) is 12.7. The molecule has 3 aromatic heterocycles. The molecule has 0 saturated heterocycles. The molecule has 0 radical (unpaired) electrons. The molecular weight excluding hydrogens is 298 g/mol. The summed E-state index contributed by atoms with van der Waals surface area (Å²) in [5.41, 5.74) is 1.92. The van der Waals surface area contributed by atoms with E-state index in [1.165, 1.54) is 0 Å². The maximum Gasteiger partial charge on any atom is 0.268 e. The monoisotopic (exact) mass is 315 g/mol. The summed E-state index contributed by atoms with van der Waals surface area (Å²) in [5, 5.41) is 5.32. The van der Waals surface area contributed by atoms with Crippen LogP contribution in [0.5, 0.6) is 0 Å². The van der Waals surface area contributed by atoms with Gasteiger partial charge in [0.05, 0.1) is 24.6 Å². The molecule has 0 aliphatic carbocycles. The van der Waals surface area contributed by atoms with Gasteiger partial charge in [0.1, 0.15) is 11.5 Å². The third-order valence-corrected chi connectivity index (χ3v) is 3.58. The SMILES string of the molecule is Cn1c(C(=O)NCC(=O)NCCc2ccco2)cc2occc21. The number of aryl methyl sites for hydroxylation is 1. The average Bonchev–Trinajstić information content (AvgIpc) is 3.24. The molecule has 0 fully saturated rings. The van der Waals surface area contributed by atoms with Crippen LogP contribution in [0.4, 0.5) is 0 Å². The Morgan fingerprint density at radius 2 is 2.04 bits per heavy atom. The molecule has 0 aliphatic heterocycles. The van der Waals surface area contributed by atoms with E-state index in [1.54, 1.807) is 42.3 Å². The van der Waals surface area contributed by atoms with E-state index in [0.717, 1.165) is 11.3 Å². The van der Waals surface area contributed by atoms with Gasteiger partial charge >= 0.3 is 0 Å². The van der Waals surface area contributed by atoms with Crippen LogP contribution in [0.15, 0.2) is 45.6 Å². The summed E-state index contributed by atoms with van der Waals surface area (Å²) < 4.78 is 12.2. The van der Waals surface area contributed by atoms with E-state index >= 15 is 0 Å². The summed E-state index contributed by atoms with van der Waals surface area (Å²) in [5.74, 6) is 0.239. The van der Waals surface area contributed by atoms with Gasteiger partial charge in [-0.15, -0.1) is 0 Å². The number of amides is 2. The smallest absolute Gasteiger partial charge is 0.268 e. The number of rotatable bonds is 6. The van der Waals surface area contributed by atoms with Gasteiger partial charge in [-0.25, -0.2) is 0 Å². The molecule has 7 nitrogen and oxygen atoms in total. The molecule has 0 aliphatic rings. The highest BCUT2D eigenvalue weighted by Gasteiger charge is 2.15. The highest BCUT2D eigenvalue weighted by molar-refractivity contribution is 5.99. The van der Waals surface area contributed by atoms with Crippen molar-refractivity contribution in [3.8, 4) is 0 Å². The first-order valence-electron chi connectivity index (χ1n) is 7.25. The van der Waals surface area contributed by atoms with Crippen LogP contribution in [0, 0.1) is 0 Å². The van der Waals surface area contributed by atoms with Crippen molar-refractivity contribution in [3.63, 3.8) is 0 Å². The molecule has 0 aromatic carbocycles. The van der Waals surface area contributed by atoms with Crippen molar-refractivity contribution in [2.45, 2.75) is 6.42 Å². The third kappa shape index (κ3) is 3.28. The molecule has 0 spiro atoms. The molecule has 23 heavy (non-hydrogen) atoms. The van der Waals surface area contributed by atoms with Gasteiger partial charge in [0.15, 0.2) is 5.58 Å². The van der Waals surface area contributed by atoms with Crippen LogP contribution in [-0.2, 0) is 18.3 Å². The summed E-state index contributed by atoms with van der Waals surface area (Å²) >= 11 is 0. The number of hydrogen-bond donors (Lipinski definition) is 2. The summed E-state index contributed by atoms with van der Waals surface area (Å²) in [6.45, 7) is 0.378. The lowest BCUT2D eigenvalue weighted by Crippen LogP contribution is -2.38. The van der Waals surface area contributed by atoms with Gasteiger partial charge in [-0.05, 0) is 12.1 Å². The number of furan rings is 2. The number of fused-ring (bicyclic) bond motifs is 1. The van der Waals surface area contributed by atoms with Crippen molar-refractivity contribution in [2.75, 3.05) is 13.1 Å². The Bertz CT molecular complexity index is 814. The van der Waals surface area contributed by atoms with E-state index in [-0.39, 0.29) is 18.4 Å². The second-order valence-electron chi connectivity index (χ2n) is 5.12. The number of aromatic nitrogens is 1. The zero-order valence-electron chi connectivity index (χ0n) is 12.7. The molecule has 0 bridgehead atoms. The molecule has 2 N–H and O–H groups in total. The lowest BCUT2D eigenvalue weighted by atomic mass is 10.3. The maximum absolute atomic E-state index is 12.1. The first-order valence-corrected chi connectivity index (χ1v) is 7.25. The molecule has 2 amide bonds. The quantitative estimate of drug-likeness (QED) is 0.720. The van der Waals surface area contributed by atoms with Crippen LogP contribution in [0.2, 0.25) is 0 Å². The van der Waals surface area contributed by atoms with Crippen LogP contribution >= 0.6 is 0 Å². The fraction of sp³-hybridized carbons (Fsp3) is 0.250. The Kier molecular flexibility index (Phi) is 4.18.